The van der Waals surface area contributed by atoms with Gasteiger partial charge >= 0.3 is 0 Å². The van der Waals surface area contributed by atoms with Crippen molar-refractivity contribution in [2.24, 2.45) is 0 Å². The Bertz CT molecular complexity index is 1100. The van der Waals surface area contributed by atoms with E-state index < -0.39 is 21.6 Å². The quantitative estimate of drug-likeness (QED) is 0.410. The molecule has 136 valence electrons. The molecule has 6 nitrogen and oxygen atoms in total. The van der Waals surface area contributed by atoms with Crippen LogP contribution >= 0.6 is 22.6 Å². The van der Waals surface area contributed by atoms with Crippen LogP contribution < -0.4 is 4.72 Å². The van der Waals surface area contributed by atoms with Gasteiger partial charge in [0.15, 0.2) is 11.6 Å². The average Bonchev–Trinajstić information content (AvgIpc) is 2.99. The molecule has 2 N–H and O–H groups in total. The van der Waals surface area contributed by atoms with Gasteiger partial charge in [-0.15, -0.1) is 0 Å². The van der Waals surface area contributed by atoms with Crippen LogP contribution in [-0.2, 0) is 10.0 Å². The van der Waals surface area contributed by atoms with E-state index in [-0.39, 0.29) is 22.6 Å². The minimum absolute atomic E-state index is 0.128. The summed E-state index contributed by atoms with van der Waals surface area (Å²) in [7, 11) is -3.66. The third-order valence-electron chi connectivity index (χ3n) is 3.72. The van der Waals surface area contributed by atoms with Gasteiger partial charge in [-0.3, -0.25) is 9.52 Å². The number of aromatic nitrogens is 2. The lowest BCUT2D eigenvalue weighted by Crippen LogP contribution is -2.18. The fraction of sp³-hybridized carbons (Fsp3) is 0.176. The van der Waals surface area contributed by atoms with Crippen molar-refractivity contribution in [3.63, 3.8) is 0 Å². The highest BCUT2D eigenvalue weighted by Crippen LogP contribution is 2.26. The normalized spacial score (nSPS) is 11.7. The van der Waals surface area contributed by atoms with Crippen molar-refractivity contribution in [3.8, 4) is 0 Å². The van der Waals surface area contributed by atoms with Gasteiger partial charge in [0, 0.05) is 26.9 Å². The third-order valence-corrected chi connectivity index (χ3v) is 5.79. The molecule has 0 atom stereocenters. The molecule has 0 saturated heterocycles. The Hall–Kier alpha value is -2.01. The van der Waals surface area contributed by atoms with Gasteiger partial charge in [0.05, 0.1) is 17.0 Å². The summed E-state index contributed by atoms with van der Waals surface area (Å²) in [5, 5.41) is 0.582. The molecule has 0 radical (unpaired) electrons. The number of hydrogen-bond donors (Lipinski definition) is 2. The number of carbonyl (C=O) groups excluding carboxylic acids is 1. The van der Waals surface area contributed by atoms with Crippen LogP contribution in [0.15, 0.2) is 36.7 Å². The zero-order valence-corrected chi connectivity index (χ0v) is 16.7. The molecule has 0 bridgehead atoms. The largest absolute Gasteiger partial charge is 0.345 e. The summed E-state index contributed by atoms with van der Waals surface area (Å²) in [6.07, 6.45) is 3.53. The van der Waals surface area contributed by atoms with Crippen LogP contribution in [0.25, 0.3) is 11.0 Å². The van der Waals surface area contributed by atoms with Crippen molar-refractivity contribution < 1.29 is 17.6 Å². The molecule has 3 aromatic rings. The number of ketones is 1. The second-order valence-corrected chi connectivity index (χ2v) is 8.76. The molecule has 0 saturated carbocycles. The number of anilines is 1. The van der Waals surface area contributed by atoms with E-state index in [4.69, 9.17) is 0 Å². The van der Waals surface area contributed by atoms with Crippen molar-refractivity contribution in [2.45, 2.75) is 13.3 Å². The van der Waals surface area contributed by atoms with Crippen LogP contribution in [-0.4, -0.2) is 29.9 Å². The van der Waals surface area contributed by atoms with Gasteiger partial charge in [0.1, 0.15) is 5.65 Å². The first kappa shape index (κ1) is 18.8. The van der Waals surface area contributed by atoms with Crippen LogP contribution in [0, 0.1) is 9.39 Å². The zero-order valence-electron chi connectivity index (χ0n) is 13.7. The maximum atomic E-state index is 14.8. The number of hydrogen-bond acceptors (Lipinski definition) is 4. The van der Waals surface area contributed by atoms with E-state index in [0.717, 1.165) is 3.57 Å². The number of carbonyl (C=O) groups is 1. The fourth-order valence-electron chi connectivity index (χ4n) is 2.58. The van der Waals surface area contributed by atoms with Gasteiger partial charge in [0.25, 0.3) is 0 Å². The lowest BCUT2D eigenvalue weighted by atomic mass is 10.0. The molecule has 0 spiro atoms. The lowest BCUT2D eigenvalue weighted by Gasteiger charge is -2.10. The van der Waals surface area contributed by atoms with Crippen LogP contribution in [0.1, 0.15) is 29.3 Å². The molecule has 3 rings (SSSR count). The summed E-state index contributed by atoms with van der Waals surface area (Å²) >= 11 is 2.08. The Balaban J connectivity index is 2.02. The first-order valence-corrected chi connectivity index (χ1v) is 10.5. The summed E-state index contributed by atoms with van der Waals surface area (Å²) in [5.74, 6) is -1.57. The summed E-state index contributed by atoms with van der Waals surface area (Å²) in [6.45, 7) is 1.71. The molecular formula is C17H15FIN3O3S. The summed E-state index contributed by atoms with van der Waals surface area (Å²) in [4.78, 5) is 19.9. The number of benzene rings is 1. The maximum Gasteiger partial charge on any atom is 0.232 e. The predicted molar refractivity (Wildman–Crippen MR) is 106 cm³/mol. The highest BCUT2D eigenvalue weighted by atomic mass is 127. The number of nitrogens with zero attached hydrogens (tertiary/aromatic N) is 1. The molecule has 0 aliphatic rings. The number of nitrogens with one attached hydrogen (secondary N) is 2. The summed E-state index contributed by atoms with van der Waals surface area (Å²) < 4.78 is 41.6. The van der Waals surface area contributed by atoms with Gasteiger partial charge in [-0.1, -0.05) is 13.0 Å². The Morgan fingerprint density at radius 2 is 2.12 bits per heavy atom. The number of rotatable bonds is 6. The highest BCUT2D eigenvalue weighted by molar-refractivity contribution is 14.1. The van der Waals surface area contributed by atoms with Crippen molar-refractivity contribution >= 4 is 55.1 Å². The van der Waals surface area contributed by atoms with Gasteiger partial charge in [-0.25, -0.2) is 17.8 Å². The second kappa shape index (κ2) is 7.31. The predicted octanol–water partition coefficient (Wildman–Crippen LogP) is 3.69. The average molecular weight is 487 g/mol. The fourth-order valence-corrected chi connectivity index (χ4v) is 4.17. The molecule has 0 amide bonds. The Kier molecular flexibility index (Phi) is 5.28. The van der Waals surface area contributed by atoms with Crippen LogP contribution in [0.3, 0.4) is 0 Å². The Morgan fingerprint density at radius 3 is 2.85 bits per heavy atom. The standard InChI is InChI=1S/C17H15FIN3O3S/c1-2-6-26(24,25)22-14-5-3-4-11(15(14)18)16(23)13-9-21-17-12(13)7-10(19)8-20-17/h3-5,7-9,22H,2,6H2,1H3,(H,20,21). The Morgan fingerprint density at radius 1 is 1.35 bits per heavy atom. The van der Waals surface area contributed by atoms with Crippen molar-refractivity contribution in [3.05, 3.63) is 57.2 Å². The summed E-state index contributed by atoms with van der Waals surface area (Å²) in [5.41, 5.74) is 0.353. The molecular weight excluding hydrogens is 472 g/mol. The minimum atomic E-state index is -3.66. The number of H-pyrrole nitrogens is 1. The van der Waals surface area contributed by atoms with Crippen LogP contribution in [0.4, 0.5) is 10.1 Å². The minimum Gasteiger partial charge on any atom is -0.345 e. The molecule has 0 aliphatic heterocycles. The molecule has 26 heavy (non-hydrogen) atoms. The number of aromatic amines is 1. The highest BCUT2D eigenvalue weighted by Gasteiger charge is 2.22. The van der Waals surface area contributed by atoms with E-state index in [9.17, 15) is 17.6 Å². The number of sulfonamides is 1. The second-order valence-electron chi connectivity index (χ2n) is 5.67. The molecule has 2 aromatic heterocycles. The van der Waals surface area contributed by atoms with Gasteiger partial charge in [0.2, 0.25) is 10.0 Å². The lowest BCUT2D eigenvalue weighted by molar-refractivity contribution is 0.103. The van der Waals surface area contributed by atoms with Gasteiger partial charge in [-0.2, -0.15) is 0 Å². The zero-order chi connectivity index (χ0) is 18.9. The SMILES string of the molecule is CCCS(=O)(=O)Nc1cccc(C(=O)c2c[nH]c3ncc(I)cc23)c1F. The van der Waals surface area contributed by atoms with E-state index in [1.807, 2.05) is 0 Å². The van der Waals surface area contributed by atoms with Gasteiger partial charge in [-0.05, 0) is 47.2 Å². The van der Waals surface area contributed by atoms with E-state index in [1.165, 1.54) is 24.4 Å². The monoisotopic (exact) mass is 487 g/mol. The van der Waals surface area contributed by atoms with Crippen LogP contribution in [0.2, 0.25) is 0 Å². The smallest absolute Gasteiger partial charge is 0.232 e. The molecule has 0 unspecified atom stereocenters. The van der Waals surface area contributed by atoms with Crippen LogP contribution in [0.5, 0.6) is 0 Å². The first-order valence-electron chi connectivity index (χ1n) is 7.78. The van der Waals surface area contributed by atoms with E-state index in [2.05, 4.69) is 37.3 Å². The molecule has 1 aromatic carbocycles. The molecule has 2 heterocycles. The summed E-state index contributed by atoms with van der Waals surface area (Å²) in [6, 6.07) is 5.84. The third kappa shape index (κ3) is 3.73. The number of pyridine rings is 1. The maximum absolute atomic E-state index is 14.8. The van der Waals surface area contributed by atoms with E-state index in [0.29, 0.717) is 17.5 Å². The van der Waals surface area contributed by atoms with E-state index in [1.54, 1.807) is 19.2 Å². The molecule has 0 aliphatic carbocycles. The first-order chi connectivity index (χ1) is 12.3. The number of halogens is 2. The Labute approximate surface area is 163 Å². The van der Waals surface area contributed by atoms with Crippen molar-refractivity contribution in [2.75, 3.05) is 10.5 Å². The van der Waals surface area contributed by atoms with Crippen molar-refractivity contribution in [1.82, 2.24) is 9.97 Å². The molecule has 9 heteroatoms. The molecule has 0 fully saturated rings. The van der Waals surface area contributed by atoms with Gasteiger partial charge < -0.3 is 4.98 Å². The van der Waals surface area contributed by atoms with E-state index >= 15 is 0 Å². The van der Waals surface area contributed by atoms with Crippen molar-refractivity contribution in [1.29, 1.82) is 0 Å². The topological polar surface area (TPSA) is 91.9 Å². The number of fused-ring (bicyclic) bond motifs is 1.